The van der Waals surface area contributed by atoms with Gasteiger partial charge in [-0.2, -0.15) is 13.2 Å². The molecule has 1 heterocycles. The number of carboxylic acids is 1. The Morgan fingerprint density at radius 3 is 2.32 bits per heavy atom. The molecule has 1 N–H and O–H groups in total. The summed E-state index contributed by atoms with van der Waals surface area (Å²) in [7, 11) is 0. The summed E-state index contributed by atoms with van der Waals surface area (Å²) in [6, 6.07) is 2.18. The molecular formula is C15H17F3O4. The van der Waals surface area contributed by atoms with Crippen molar-refractivity contribution in [2.45, 2.75) is 32.9 Å². The van der Waals surface area contributed by atoms with Gasteiger partial charge in [0, 0.05) is 6.42 Å². The largest absolute Gasteiger partial charge is 0.489 e. The molecule has 0 saturated heterocycles. The van der Waals surface area contributed by atoms with Gasteiger partial charge in [0.05, 0.1) is 18.6 Å². The zero-order valence-electron chi connectivity index (χ0n) is 12.3. The number of fused-ring (bicyclic) bond motifs is 1. The molecule has 0 spiro atoms. The minimum atomic E-state index is -4.56. The molecular weight excluding hydrogens is 301 g/mol. The summed E-state index contributed by atoms with van der Waals surface area (Å²) >= 11 is 0. The summed E-state index contributed by atoms with van der Waals surface area (Å²) < 4.78 is 49.9. The number of hydrogen-bond donors (Lipinski definition) is 1. The monoisotopic (exact) mass is 318 g/mol. The van der Waals surface area contributed by atoms with E-state index in [9.17, 15) is 23.1 Å². The van der Waals surface area contributed by atoms with Gasteiger partial charge in [-0.15, -0.1) is 0 Å². The van der Waals surface area contributed by atoms with E-state index in [1.54, 1.807) is 0 Å². The normalized spacial score (nSPS) is 15.3. The molecule has 1 aromatic rings. The predicted octanol–water partition coefficient (Wildman–Crippen LogP) is 3.52. The Hall–Kier alpha value is -1.92. The predicted molar refractivity (Wildman–Crippen MR) is 72.2 cm³/mol. The first-order valence-corrected chi connectivity index (χ1v) is 6.85. The summed E-state index contributed by atoms with van der Waals surface area (Å²) in [6.07, 6.45) is -4.04. The molecule has 0 unspecified atom stereocenters. The van der Waals surface area contributed by atoms with E-state index in [0.29, 0.717) is 12.0 Å². The second-order valence-electron chi connectivity index (χ2n) is 5.84. The van der Waals surface area contributed by atoms with Gasteiger partial charge in [-0.3, -0.25) is 4.79 Å². The number of rotatable bonds is 3. The lowest BCUT2D eigenvalue weighted by atomic mass is 9.85. The van der Waals surface area contributed by atoms with Crippen LogP contribution < -0.4 is 9.47 Å². The fourth-order valence-electron chi connectivity index (χ4n) is 2.23. The lowest BCUT2D eigenvalue weighted by Crippen LogP contribution is -2.26. The molecule has 22 heavy (non-hydrogen) atoms. The highest BCUT2D eigenvalue weighted by Gasteiger charge is 2.38. The Bertz CT molecular complexity index is 579. The zero-order valence-corrected chi connectivity index (χ0v) is 12.3. The van der Waals surface area contributed by atoms with Crippen molar-refractivity contribution in [2.75, 3.05) is 13.2 Å². The van der Waals surface area contributed by atoms with Gasteiger partial charge in [0.25, 0.3) is 0 Å². The quantitative estimate of drug-likeness (QED) is 0.926. The Kier molecular flexibility index (Phi) is 4.26. The number of halogens is 3. The molecule has 0 aliphatic carbocycles. The summed E-state index contributed by atoms with van der Waals surface area (Å²) in [5, 5.41) is 9.19. The molecule has 0 radical (unpaired) electrons. The maximum atomic E-state index is 13.1. The number of benzene rings is 1. The van der Waals surface area contributed by atoms with E-state index in [1.807, 2.05) is 0 Å². The highest BCUT2D eigenvalue weighted by molar-refractivity contribution is 5.74. The van der Waals surface area contributed by atoms with Crippen molar-refractivity contribution in [3.63, 3.8) is 0 Å². The van der Waals surface area contributed by atoms with E-state index < -0.39 is 23.1 Å². The molecule has 1 aliphatic rings. The molecule has 2 rings (SSSR count). The summed E-state index contributed by atoms with van der Waals surface area (Å²) in [4.78, 5) is 11.2. The Morgan fingerprint density at radius 1 is 1.18 bits per heavy atom. The first-order chi connectivity index (χ1) is 10.1. The average molecular weight is 318 g/mol. The van der Waals surface area contributed by atoms with Crippen molar-refractivity contribution in [1.82, 2.24) is 0 Å². The molecule has 7 heteroatoms. The van der Waals surface area contributed by atoms with Crippen LogP contribution in [0.3, 0.4) is 0 Å². The van der Waals surface area contributed by atoms with Gasteiger partial charge >= 0.3 is 12.1 Å². The lowest BCUT2D eigenvalue weighted by molar-refractivity contribution is -0.147. The van der Waals surface area contributed by atoms with Crippen molar-refractivity contribution in [3.8, 4) is 11.5 Å². The SMILES string of the molecule is CC(C)(Cc1ccc(C(F)(F)F)c2c1OCCCO2)C(=O)O. The van der Waals surface area contributed by atoms with Crippen LogP contribution >= 0.6 is 0 Å². The third kappa shape index (κ3) is 3.28. The number of aliphatic carboxylic acids is 1. The summed E-state index contributed by atoms with van der Waals surface area (Å²) in [6.45, 7) is 3.38. The van der Waals surface area contributed by atoms with E-state index in [4.69, 9.17) is 9.47 Å². The number of hydrogen-bond acceptors (Lipinski definition) is 3. The smallest absolute Gasteiger partial charge is 0.420 e. The van der Waals surface area contributed by atoms with Crippen LogP contribution in [0.4, 0.5) is 13.2 Å². The second kappa shape index (κ2) is 5.70. The average Bonchev–Trinajstić information content (AvgIpc) is 2.62. The number of alkyl halides is 3. The minimum Gasteiger partial charge on any atom is -0.489 e. The standard InChI is InChI=1S/C15H17F3O4/c1-14(2,13(19)20)8-9-4-5-10(15(16,17)18)12-11(9)21-6-3-7-22-12/h4-5H,3,6-8H2,1-2H3,(H,19,20). The maximum Gasteiger partial charge on any atom is 0.420 e. The van der Waals surface area contributed by atoms with Crippen molar-refractivity contribution in [2.24, 2.45) is 5.41 Å². The van der Waals surface area contributed by atoms with Gasteiger partial charge in [0.1, 0.15) is 5.56 Å². The van der Waals surface area contributed by atoms with Crippen molar-refractivity contribution in [1.29, 1.82) is 0 Å². The van der Waals surface area contributed by atoms with E-state index in [1.165, 1.54) is 19.9 Å². The fourth-order valence-corrected chi connectivity index (χ4v) is 2.23. The molecule has 4 nitrogen and oxygen atoms in total. The minimum absolute atomic E-state index is 0.00153. The molecule has 1 aliphatic heterocycles. The van der Waals surface area contributed by atoms with Crippen LogP contribution in [0.25, 0.3) is 0 Å². The first kappa shape index (κ1) is 16.5. The molecule has 0 saturated carbocycles. The van der Waals surface area contributed by atoms with Crippen LogP contribution in [0.5, 0.6) is 11.5 Å². The van der Waals surface area contributed by atoms with E-state index in [-0.39, 0.29) is 31.1 Å². The van der Waals surface area contributed by atoms with Gasteiger partial charge in [-0.25, -0.2) is 0 Å². The van der Waals surface area contributed by atoms with E-state index in [2.05, 4.69) is 0 Å². The number of ether oxygens (including phenoxy) is 2. The molecule has 0 amide bonds. The Labute approximate surface area is 125 Å². The highest BCUT2D eigenvalue weighted by Crippen LogP contribution is 2.45. The van der Waals surface area contributed by atoms with Gasteiger partial charge in [0.2, 0.25) is 0 Å². The summed E-state index contributed by atoms with van der Waals surface area (Å²) in [5.41, 5.74) is -1.62. The van der Waals surface area contributed by atoms with Gasteiger partial charge < -0.3 is 14.6 Å². The second-order valence-corrected chi connectivity index (χ2v) is 5.84. The van der Waals surface area contributed by atoms with Crippen molar-refractivity contribution >= 4 is 5.97 Å². The zero-order chi connectivity index (χ0) is 16.5. The van der Waals surface area contributed by atoms with Crippen LogP contribution in [0.1, 0.15) is 31.4 Å². The van der Waals surface area contributed by atoms with Gasteiger partial charge in [-0.05, 0) is 31.9 Å². The summed E-state index contributed by atoms with van der Waals surface area (Å²) in [5.74, 6) is -1.37. The molecule has 0 atom stereocenters. The topological polar surface area (TPSA) is 55.8 Å². The van der Waals surface area contributed by atoms with E-state index >= 15 is 0 Å². The number of carbonyl (C=O) groups is 1. The highest BCUT2D eigenvalue weighted by atomic mass is 19.4. The maximum absolute atomic E-state index is 13.1. The first-order valence-electron chi connectivity index (χ1n) is 6.85. The van der Waals surface area contributed by atoms with Crippen LogP contribution in [0.2, 0.25) is 0 Å². The van der Waals surface area contributed by atoms with Crippen LogP contribution in [-0.4, -0.2) is 24.3 Å². The van der Waals surface area contributed by atoms with Crippen molar-refractivity contribution in [3.05, 3.63) is 23.3 Å². The third-order valence-corrected chi connectivity index (χ3v) is 3.49. The Balaban J connectivity index is 2.51. The lowest BCUT2D eigenvalue weighted by Gasteiger charge is -2.23. The van der Waals surface area contributed by atoms with E-state index in [0.717, 1.165) is 6.07 Å². The van der Waals surface area contributed by atoms with Gasteiger partial charge in [-0.1, -0.05) is 6.07 Å². The molecule has 122 valence electrons. The van der Waals surface area contributed by atoms with Crippen LogP contribution in [-0.2, 0) is 17.4 Å². The van der Waals surface area contributed by atoms with Crippen molar-refractivity contribution < 1.29 is 32.5 Å². The Morgan fingerprint density at radius 2 is 1.77 bits per heavy atom. The number of carboxylic acid groups (broad SMARTS) is 1. The fraction of sp³-hybridized carbons (Fsp3) is 0.533. The van der Waals surface area contributed by atoms with Gasteiger partial charge in [0.15, 0.2) is 11.5 Å². The third-order valence-electron chi connectivity index (χ3n) is 3.49. The molecule has 0 bridgehead atoms. The molecule has 0 aromatic heterocycles. The van der Waals surface area contributed by atoms with Crippen LogP contribution in [0.15, 0.2) is 12.1 Å². The molecule has 0 fully saturated rings. The van der Waals surface area contributed by atoms with Crippen LogP contribution in [0, 0.1) is 5.41 Å². The molecule has 1 aromatic carbocycles.